The Morgan fingerprint density at radius 2 is 1.73 bits per heavy atom. The molecule has 7 nitrogen and oxygen atoms in total. The van der Waals surface area contributed by atoms with Crippen LogP contribution in [0.15, 0.2) is 48.7 Å². The molecule has 0 aliphatic rings. The van der Waals surface area contributed by atoms with Crippen molar-refractivity contribution in [2.75, 3.05) is 5.32 Å². The Bertz CT molecular complexity index is 995. The highest BCUT2D eigenvalue weighted by Gasteiger charge is 2.11. The van der Waals surface area contributed by atoms with E-state index in [-0.39, 0.29) is 5.56 Å². The number of carbonyl (C=O) groups is 2. The first-order valence-electron chi connectivity index (χ1n) is 7.68. The van der Waals surface area contributed by atoms with Crippen molar-refractivity contribution in [3.8, 4) is 16.8 Å². The number of nitrogens with one attached hydrogen (secondary N) is 1. The predicted octanol–water partition coefficient (Wildman–Crippen LogP) is 2.58. The molecule has 3 aromatic rings. The van der Waals surface area contributed by atoms with Crippen molar-refractivity contribution in [2.45, 2.75) is 6.92 Å². The fraction of sp³-hybridized carbons (Fsp3) is 0.0556. The molecular weight excluding hydrogens is 337 g/mol. The van der Waals surface area contributed by atoms with Gasteiger partial charge in [-0.2, -0.15) is 5.10 Å². The number of halogens is 1. The number of hydrogen-bond acceptors (Lipinski definition) is 3. The van der Waals surface area contributed by atoms with Gasteiger partial charge in [-0.1, -0.05) is 18.2 Å². The molecule has 5 N–H and O–H groups in total. The Morgan fingerprint density at radius 3 is 2.31 bits per heavy atom. The summed E-state index contributed by atoms with van der Waals surface area (Å²) < 4.78 is 15.5. The predicted molar refractivity (Wildman–Crippen MR) is 95.4 cm³/mol. The zero-order chi connectivity index (χ0) is 18.8. The van der Waals surface area contributed by atoms with Gasteiger partial charge in [0.05, 0.1) is 28.8 Å². The summed E-state index contributed by atoms with van der Waals surface area (Å²) in [5, 5.41) is 6.81. The van der Waals surface area contributed by atoms with Crippen LogP contribution in [0, 0.1) is 12.7 Å². The van der Waals surface area contributed by atoms with Crippen molar-refractivity contribution < 1.29 is 14.0 Å². The summed E-state index contributed by atoms with van der Waals surface area (Å²) >= 11 is 0. The molecule has 0 spiro atoms. The van der Waals surface area contributed by atoms with Crippen LogP contribution in [0.25, 0.3) is 16.8 Å². The van der Waals surface area contributed by atoms with Crippen LogP contribution in [-0.2, 0) is 0 Å². The topological polar surface area (TPSA) is 116 Å². The number of carbonyl (C=O) groups excluding carboxylic acids is 2. The standard InChI is InChI=1S/C18H16FN5O2/c1-10-16(22-18(21)26)9-24(23-10)13-5-2-11(3-6-13)12-4-7-14(17(20)25)15(19)8-12/h2-9H,1H3,(H2,20,25)(H3,21,22,26). The molecule has 0 atom stereocenters. The number of primary amides is 2. The molecule has 1 aromatic heterocycles. The average molecular weight is 353 g/mol. The number of benzene rings is 2. The Labute approximate surface area is 148 Å². The molecule has 3 rings (SSSR count). The van der Waals surface area contributed by atoms with Gasteiger partial charge < -0.3 is 16.8 Å². The van der Waals surface area contributed by atoms with Gasteiger partial charge in [0.25, 0.3) is 5.91 Å². The van der Waals surface area contributed by atoms with Crippen LogP contribution in [0.3, 0.4) is 0 Å². The van der Waals surface area contributed by atoms with Gasteiger partial charge in [-0.3, -0.25) is 4.79 Å². The molecule has 2 aromatic carbocycles. The molecule has 8 heteroatoms. The third kappa shape index (κ3) is 3.39. The van der Waals surface area contributed by atoms with Gasteiger partial charge in [0.1, 0.15) is 5.82 Å². The maximum Gasteiger partial charge on any atom is 0.316 e. The van der Waals surface area contributed by atoms with Crippen molar-refractivity contribution in [1.29, 1.82) is 0 Å². The largest absolute Gasteiger partial charge is 0.366 e. The molecule has 0 aliphatic carbocycles. The highest BCUT2D eigenvalue weighted by atomic mass is 19.1. The van der Waals surface area contributed by atoms with E-state index in [9.17, 15) is 14.0 Å². The molecule has 132 valence electrons. The molecule has 0 saturated heterocycles. The van der Waals surface area contributed by atoms with Gasteiger partial charge in [-0.05, 0) is 42.3 Å². The number of anilines is 1. The molecule has 0 aliphatic heterocycles. The SMILES string of the molecule is Cc1nn(-c2ccc(-c3ccc(C(N)=O)c(F)c3)cc2)cc1NC(N)=O. The summed E-state index contributed by atoms with van der Waals surface area (Å²) in [6.45, 7) is 1.75. The Hall–Kier alpha value is -3.68. The molecule has 0 unspecified atom stereocenters. The maximum atomic E-state index is 13.9. The summed E-state index contributed by atoms with van der Waals surface area (Å²) in [5.41, 5.74) is 13.4. The van der Waals surface area contributed by atoms with Crippen LogP contribution in [0.5, 0.6) is 0 Å². The second-order valence-corrected chi connectivity index (χ2v) is 5.67. The zero-order valence-electron chi connectivity index (χ0n) is 13.9. The van der Waals surface area contributed by atoms with E-state index in [1.807, 2.05) is 0 Å². The minimum Gasteiger partial charge on any atom is -0.366 e. The number of nitrogens with zero attached hydrogens (tertiary/aromatic N) is 2. The van der Waals surface area contributed by atoms with E-state index < -0.39 is 17.8 Å². The van der Waals surface area contributed by atoms with E-state index >= 15 is 0 Å². The lowest BCUT2D eigenvalue weighted by atomic mass is 10.0. The normalized spacial score (nSPS) is 10.5. The van der Waals surface area contributed by atoms with Gasteiger partial charge in [0.2, 0.25) is 0 Å². The van der Waals surface area contributed by atoms with Crippen LogP contribution < -0.4 is 16.8 Å². The van der Waals surface area contributed by atoms with Gasteiger partial charge in [-0.15, -0.1) is 0 Å². The molecule has 26 heavy (non-hydrogen) atoms. The maximum absolute atomic E-state index is 13.9. The van der Waals surface area contributed by atoms with Crippen LogP contribution in [-0.4, -0.2) is 21.7 Å². The second kappa shape index (κ2) is 6.67. The van der Waals surface area contributed by atoms with E-state index in [0.29, 0.717) is 16.9 Å². The number of urea groups is 1. The first kappa shape index (κ1) is 17.2. The van der Waals surface area contributed by atoms with Gasteiger partial charge in [0.15, 0.2) is 0 Å². The van der Waals surface area contributed by atoms with E-state index in [4.69, 9.17) is 11.5 Å². The number of nitrogens with two attached hydrogens (primary N) is 2. The molecular formula is C18H16FN5O2. The van der Waals surface area contributed by atoms with Crippen molar-refractivity contribution in [1.82, 2.24) is 9.78 Å². The number of amides is 3. The molecule has 3 amide bonds. The third-order valence-corrected chi connectivity index (χ3v) is 3.86. The van der Waals surface area contributed by atoms with Crippen molar-refractivity contribution in [3.05, 3.63) is 65.7 Å². The monoisotopic (exact) mass is 353 g/mol. The van der Waals surface area contributed by atoms with E-state index in [1.54, 1.807) is 48.1 Å². The van der Waals surface area contributed by atoms with Crippen molar-refractivity contribution in [3.63, 3.8) is 0 Å². The zero-order valence-corrected chi connectivity index (χ0v) is 13.9. The summed E-state index contributed by atoms with van der Waals surface area (Å²) in [7, 11) is 0. The summed E-state index contributed by atoms with van der Waals surface area (Å²) in [6.07, 6.45) is 1.65. The number of aromatic nitrogens is 2. The quantitative estimate of drug-likeness (QED) is 0.669. The second-order valence-electron chi connectivity index (χ2n) is 5.67. The number of rotatable bonds is 4. The first-order valence-corrected chi connectivity index (χ1v) is 7.68. The highest BCUT2D eigenvalue weighted by Crippen LogP contribution is 2.24. The minimum absolute atomic E-state index is 0.146. The van der Waals surface area contributed by atoms with Crippen LogP contribution in [0.2, 0.25) is 0 Å². The average Bonchev–Trinajstić information content (AvgIpc) is 2.94. The fourth-order valence-electron chi connectivity index (χ4n) is 2.55. The summed E-state index contributed by atoms with van der Waals surface area (Å²) in [5.74, 6) is -1.47. The Kier molecular flexibility index (Phi) is 4.40. The molecule has 0 radical (unpaired) electrons. The molecule has 0 saturated carbocycles. The first-order chi connectivity index (χ1) is 12.3. The lowest BCUT2D eigenvalue weighted by molar-refractivity contribution is 0.0996. The third-order valence-electron chi connectivity index (χ3n) is 3.86. The summed E-state index contributed by atoms with van der Waals surface area (Å²) in [6, 6.07) is 10.8. The van der Waals surface area contributed by atoms with E-state index in [1.165, 1.54) is 12.1 Å². The van der Waals surface area contributed by atoms with Crippen molar-refractivity contribution >= 4 is 17.6 Å². The smallest absolute Gasteiger partial charge is 0.316 e. The van der Waals surface area contributed by atoms with Crippen LogP contribution in [0.1, 0.15) is 16.1 Å². The number of hydrogen-bond donors (Lipinski definition) is 3. The molecule has 0 bridgehead atoms. The fourth-order valence-corrected chi connectivity index (χ4v) is 2.55. The highest BCUT2D eigenvalue weighted by molar-refractivity contribution is 5.93. The Morgan fingerprint density at radius 1 is 1.08 bits per heavy atom. The van der Waals surface area contributed by atoms with Crippen LogP contribution in [0.4, 0.5) is 14.9 Å². The minimum atomic E-state index is -0.807. The number of aryl methyl sites for hydroxylation is 1. The molecule has 0 fully saturated rings. The lowest BCUT2D eigenvalue weighted by Gasteiger charge is -2.06. The van der Waals surface area contributed by atoms with Gasteiger partial charge in [0, 0.05) is 0 Å². The lowest BCUT2D eigenvalue weighted by Crippen LogP contribution is -2.19. The van der Waals surface area contributed by atoms with Gasteiger partial charge >= 0.3 is 6.03 Å². The van der Waals surface area contributed by atoms with Crippen molar-refractivity contribution in [2.24, 2.45) is 11.5 Å². The molecule has 1 heterocycles. The summed E-state index contributed by atoms with van der Waals surface area (Å²) in [4.78, 5) is 22.1. The Balaban J connectivity index is 1.88. The van der Waals surface area contributed by atoms with E-state index in [2.05, 4.69) is 10.4 Å². The van der Waals surface area contributed by atoms with Crippen LogP contribution >= 0.6 is 0 Å². The van der Waals surface area contributed by atoms with Gasteiger partial charge in [-0.25, -0.2) is 13.9 Å². The van der Waals surface area contributed by atoms with E-state index in [0.717, 1.165) is 11.3 Å².